The number of Topliss-reactive ketones (excluding diaryl/α,β-unsaturated/α-hetero) is 1. The van der Waals surface area contributed by atoms with Crippen LogP contribution in [-0.4, -0.2) is 29.4 Å². The Labute approximate surface area is 106 Å². The third-order valence-electron chi connectivity index (χ3n) is 3.42. The van der Waals surface area contributed by atoms with Gasteiger partial charge in [0.15, 0.2) is 0 Å². The first-order valence-electron chi connectivity index (χ1n) is 6.27. The number of nitrogens with zero attached hydrogens (tertiary/aromatic N) is 1. The summed E-state index contributed by atoms with van der Waals surface area (Å²) in [6.07, 6.45) is 3.55. The van der Waals surface area contributed by atoms with E-state index in [1.165, 1.54) is 12.8 Å². The molecule has 1 aromatic rings. The minimum absolute atomic E-state index is 0.235. The van der Waals surface area contributed by atoms with Gasteiger partial charge in [-0.15, -0.1) is 0 Å². The molecule has 2 rings (SSSR count). The molecule has 1 aromatic carbocycles. The number of carbonyl (C=O) groups is 2. The molecule has 0 aromatic heterocycles. The van der Waals surface area contributed by atoms with Crippen LogP contribution in [0.1, 0.15) is 36.5 Å². The molecule has 0 amide bonds. The lowest BCUT2D eigenvalue weighted by atomic mass is 9.97. The van der Waals surface area contributed by atoms with Crippen LogP contribution < -0.4 is 4.90 Å². The first kappa shape index (κ1) is 12.6. The summed E-state index contributed by atoms with van der Waals surface area (Å²) < 4.78 is 0. The van der Waals surface area contributed by atoms with Crippen molar-refractivity contribution < 1.29 is 14.7 Å². The molecule has 0 saturated carbocycles. The molecular formula is C14H17NO3. The van der Waals surface area contributed by atoms with Gasteiger partial charge in [-0.3, -0.25) is 4.79 Å². The highest BCUT2D eigenvalue weighted by Gasteiger charge is 2.27. The lowest BCUT2D eigenvalue weighted by Crippen LogP contribution is -2.47. The van der Waals surface area contributed by atoms with Crippen molar-refractivity contribution in [3.63, 3.8) is 0 Å². The first-order chi connectivity index (χ1) is 8.63. The predicted molar refractivity (Wildman–Crippen MR) is 69.1 cm³/mol. The summed E-state index contributed by atoms with van der Waals surface area (Å²) >= 11 is 0. The fourth-order valence-electron chi connectivity index (χ4n) is 2.34. The topological polar surface area (TPSA) is 57.6 Å². The Kier molecular flexibility index (Phi) is 3.65. The van der Waals surface area contributed by atoms with Crippen molar-refractivity contribution in [2.45, 2.75) is 32.2 Å². The normalized spacial score (nSPS) is 18.3. The van der Waals surface area contributed by atoms with E-state index in [9.17, 15) is 9.59 Å². The Morgan fingerprint density at radius 2 is 2.00 bits per heavy atom. The second-order valence-corrected chi connectivity index (χ2v) is 4.61. The minimum Gasteiger partial charge on any atom is -0.475 e. The van der Waals surface area contributed by atoms with Gasteiger partial charge < -0.3 is 10.0 Å². The van der Waals surface area contributed by atoms with E-state index in [-0.39, 0.29) is 5.56 Å². The summed E-state index contributed by atoms with van der Waals surface area (Å²) in [7, 11) is 0. The Hall–Kier alpha value is -1.84. The van der Waals surface area contributed by atoms with Crippen molar-refractivity contribution >= 4 is 17.4 Å². The zero-order valence-corrected chi connectivity index (χ0v) is 10.4. The molecule has 1 aliphatic heterocycles. The number of carbonyl (C=O) groups excluding carboxylic acids is 1. The van der Waals surface area contributed by atoms with Crippen LogP contribution in [0.15, 0.2) is 24.3 Å². The highest BCUT2D eigenvalue weighted by molar-refractivity contribution is 6.39. The summed E-state index contributed by atoms with van der Waals surface area (Å²) in [4.78, 5) is 24.1. The van der Waals surface area contributed by atoms with Gasteiger partial charge in [0.2, 0.25) is 0 Å². The van der Waals surface area contributed by atoms with Crippen LogP contribution in [0.3, 0.4) is 0 Å². The van der Waals surface area contributed by atoms with Crippen LogP contribution in [0.5, 0.6) is 0 Å². The molecule has 4 heteroatoms. The van der Waals surface area contributed by atoms with Gasteiger partial charge in [0, 0.05) is 23.8 Å². The summed E-state index contributed by atoms with van der Waals surface area (Å²) in [5, 5.41) is 8.62. The summed E-state index contributed by atoms with van der Waals surface area (Å²) in [5.74, 6) is -2.26. The minimum atomic E-state index is -1.41. The largest absolute Gasteiger partial charge is 0.475 e. The Balaban J connectivity index is 2.08. The fourth-order valence-corrected chi connectivity index (χ4v) is 2.34. The second-order valence-electron chi connectivity index (χ2n) is 4.61. The van der Waals surface area contributed by atoms with E-state index in [4.69, 9.17) is 5.11 Å². The van der Waals surface area contributed by atoms with Gasteiger partial charge in [0.25, 0.3) is 5.78 Å². The SMILES string of the molecule is CCCC1CCN1c1ccc(C(=O)C(=O)O)cc1. The average Bonchev–Trinajstić information content (AvgIpc) is 2.34. The first-order valence-corrected chi connectivity index (χ1v) is 6.27. The molecule has 0 radical (unpaired) electrons. The molecular weight excluding hydrogens is 230 g/mol. The van der Waals surface area contributed by atoms with Crippen molar-refractivity contribution in [3.05, 3.63) is 29.8 Å². The van der Waals surface area contributed by atoms with Crippen molar-refractivity contribution in [2.24, 2.45) is 0 Å². The highest BCUT2D eigenvalue weighted by Crippen LogP contribution is 2.29. The van der Waals surface area contributed by atoms with Crippen LogP contribution in [0, 0.1) is 0 Å². The molecule has 0 aliphatic carbocycles. The van der Waals surface area contributed by atoms with E-state index in [0.29, 0.717) is 6.04 Å². The van der Waals surface area contributed by atoms with Gasteiger partial charge in [0.05, 0.1) is 0 Å². The second kappa shape index (κ2) is 5.21. The molecule has 1 fully saturated rings. The van der Waals surface area contributed by atoms with Crippen LogP contribution >= 0.6 is 0 Å². The number of rotatable bonds is 5. The Bertz CT molecular complexity index is 453. The van der Waals surface area contributed by atoms with Gasteiger partial charge in [-0.2, -0.15) is 0 Å². The number of anilines is 1. The smallest absolute Gasteiger partial charge is 0.377 e. The van der Waals surface area contributed by atoms with Gasteiger partial charge in [0.1, 0.15) is 0 Å². The van der Waals surface area contributed by atoms with Gasteiger partial charge in [-0.05, 0) is 37.1 Å². The quantitative estimate of drug-likeness (QED) is 0.641. The third-order valence-corrected chi connectivity index (χ3v) is 3.42. The number of ketones is 1. The number of aliphatic carboxylic acids is 1. The van der Waals surface area contributed by atoms with Crippen LogP contribution in [0.2, 0.25) is 0 Å². The van der Waals surface area contributed by atoms with Gasteiger partial charge in [-0.25, -0.2) is 4.79 Å². The average molecular weight is 247 g/mol. The molecule has 0 bridgehead atoms. The van der Waals surface area contributed by atoms with E-state index in [0.717, 1.165) is 18.7 Å². The monoisotopic (exact) mass is 247 g/mol. The third kappa shape index (κ3) is 2.37. The predicted octanol–water partition coefficient (Wildman–Crippen LogP) is 2.33. The molecule has 1 N–H and O–H groups in total. The standard InChI is InChI=1S/C14H17NO3/c1-2-3-11-8-9-15(11)12-6-4-10(5-7-12)13(16)14(17)18/h4-7,11H,2-3,8-9H2,1H3,(H,17,18). The van der Waals surface area contributed by atoms with Crippen molar-refractivity contribution in [2.75, 3.05) is 11.4 Å². The maximum absolute atomic E-state index is 11.3. The lowest BCUT2D eigenvalue weighted by molar-refractivity contribution is -0.131. The maximum Gasteiger partial charge on any atom is 0.377 e. The van der Waals surface area contributed by atoms with E-state index >= 15 is 0 Å². The zero-order valence-electron chi connectivity index (χ0n) is 10.4. The number of carboxylic acid groups (broad SMARTS) is 1. The van der Waals surface area contributed by atoms with Crippen LogP contribution in [-0.2, 0) is 4.79 Å². The van der Waals surface area contributed by atoms with E-state index in [2.05, 4.69) is 11.8 Å². The summed E-state index contributed by atoms with van der Waals surface area (Å²) in [5.41, 5.74) is 1.31. The summed E-state index contributed by atoms with van der Waals surface area (Å²) in [6.45, 7) is 3.21. The number of benzene rings is 1. The maximum atomic E-state index is 11.3. The molecule has 1 heterocycles. The van der Waals surface area contributed by atoms with Crippen molar-refractivity contribution in [1.82, 2.24) is 0 Å². The molecule has 1 atom stereocenters. The molecule has 1 aliphatic rings. The molecule has 96 valence electrons. The number of carboxylic acids is 1. The van der Waals surface area contributed by atoms with Gasteiger partial charge in [-0.1, -0.05) is 13.3 Å². The summed E-state index contributed by atoms with van der Waals surface area (Å²) in [6, 6.07) is 7.44. The highest BCUT2D eigenvalue weighted by atomic mass is 16.4. The Morgan fingerprint density at radius 3 is 2.44 bits per heavy atom. The van der Waals surface area contributed by atoms with Gasteiger partial charge >= 0.3 is 5.97 Å². The molecule has 1 saturated heterocycles. The number of hydrogen-bond acceptors (Lipinski definition) is 3. The fraction of sp³-hybridized carbons (Fsp3) is 0.429. The lowest BCUT2D eigenvalue weighted by Gasteiger charge is -2.43. The molecule has 18 heavy (non-hydrogen) atoms. The Morgan fingerprint density at radius 1 is 1.33 bits per heavy atom. The van der Waals surface area contributed by atoms with E-state index in [1.807, 2.05) is 12.1 Å². The number of hydrogen-bond donors (Lipinski definition) is 1. The zero-order chi connectivity index (χ0) is 13.1. The van der Waals surface area contributed by atoms with Crippen LogP contribution in [0.25, 0.3) is 0 Å². The molecule has 1 unspecified atom stereocenters. The van der Waals surface area contributed by atoms with E-state index in [1.54, 1.807) is 12.1 Å². The van der Waals surface area contributed by atoms with Crippen molar-refractivity contribution in [3.8, 4) is 0 Å². The molecule has 4 nitrogen and oxygen atoms in total. The van der Waals surface area contributed by atoms with E-state index < -0.39 is 11.8 Å². The van der Waals surface area contributed by atoms with Crippen LogP contribution in [0.4, 0.5) is 5.69 Å². The van der Waals surface area contributed by atoms with Crippen molar-refractivity contribution in [1.29, 1.82) is 0 Å². The molecule has 0 spiro atoms.